The molecule has 1 aliphatic rings. The van der Waals surface area contributed by atoms with Crippen molar-refractivity contribution in [1.29, 1.82) is 0 Å². The molecule has 0 aromatic heterocycles. The molecule has 0 aliphatic heterocycles. The van der Waals surface area contributed by atoms with Crippen LogP contribution in [-0.4, -0.2) is 24.9 Å². The quantitative estimate of drug-likeness (QED) is 0.793. The van der Waals surface area contributed by atoms with Crippen LogP contribution < -0.4 is 16.4 Å². The van der Waals surface area contributed by atoms with E-state index in [9.17, 15) is 9.59 Å². The van der Waals surface area contributed by atoms with Gasteiger partial charge in [0.25, 0.3) is 5.91 Å². The first kappa shape index (κ1) is 15.5. The standard InChI is InChI=1S/C16H23N3O2/c1-10-8-12(15(20)18-2)6-7-14(10)19-16(21)11-4-3-5-13(17)9-11/h6-8,11,13H,3-5,9,17H2,1-2H3,(H,18,20)(H,19,21). The SMILES string of the molecule is CNC(=O)c1ccc(NC(=O)C2CCCC(N)C2)c(C)c1. The van der Waals surface area contributed by atoms with Crippen LogP contribution in [0.2, 0.25) is 0 Å². The van der Waals surface area contributed by atoms with Gasteiger partial charge in [-0.15, -0.1) is 0 Å². The van der Waals surface area contributed by atoms with E-state index in [1.165, 1.54) is 0 Å². The van der Waals surface area contributed by atoms with Crippen molar-refractivity contribution >= 4 is 17.5 Å². The number of nitrogens with two attached hydrogens (primary N) is 1. The summed E-state index contributed by atoms with van der Waals surface area (Å²) in [7, 11) is 1.60. The van der Waals surface area contributed by atoms with Gasteiger partial charge in [0.1, 0.15) is 0 Å². The highest BCUT2D eigenvalue weighted by Crippen LogP contribution is 2.25. The fourth-order valence-electron chi connectivity index (χ4n) is 2.79. The van der Waals surface area contributed by atoms with Crippen LogP contribution in [0.3, 0.4) is 0 Å². The first-order valence-electron chi connectivity index (χ1n) is 7.40. The Morgan fingerprint density at radius 3 is 2.67 bits per heavy atom. The van der Waals surface area contributed by atoms with Crippen LogP contribution in [0, 0.1) is 12.8 Å². The van der Waals surface area contributed by atoms with Crippen molar-refractivity contribution in [3.8, 4) is 0 Å². The minimum atomic E-state index is -0.130. The van der Waals surface area contributed by atoms with Crippen LogP contribution in [0.1, 0.15) is 41.6 Å². The van der Waals surface area contributed by atoms with Gasteiger partial charge >= 0.3 is 0 Å². The third-order valence-corrected chi connectivity index (χ3v) is 4.06. The monoisotopic (exact) mass is 289 g/mol. The Balaban J connectivity index is 2.05. The summed E-state index contributed by atoms with van der Waals surface area (Å²) >= 11 is 0. The summed E-state index contributed by atoms with van der Waals surface area (Å²) in [5, 5.41) is 5.54. The highest BCUT2D eigenvalue weighted by Gasteiger charge is 2.25. The highest BCUT2D eigenvalue weighted by atomic mass is 16.2. The fraction of sp³-hybridized carbons (Fsp3) is 0.500. The lowest BCUT2D eigenvalue weighted by Gasteiger charge is -2.26. The molecule has 0 radical (unpaired) electrons. The highest BCUT2D eigenvalue weighted by molar-refractivity contribution is 5.97. The van der Waals surface area contributed by atoms with Crippen molar-refractivity contribution < 1.29 is 9.59 Å². The number of hydrogen-bond acceptors (Lipinski definition) is 3. The van der Waals surface area contributed by atoms with E-state index >= 15 is 0 Å². The largest absolute Gasteiger partial charge is 0.355 e. The molecule has 2 atom stereocenters. The van der Waals surface area contributed by atoms with Crippen molar-refractivity contribution in [3.63, 3.8) is 0 Å². The average molecular weight is 289 g/mol. The normalized spacial score (nSPS) is 21.7. The van der Waals surface area contributed by atoms with Gasteiger partial charge in [0.05, 0.1) is 0 Å². The second-order valence-electron chi connectivity index (χ2n) is 5.72. The number of amides is 2. The van der Waals surface area contributed by atoms with Gasteiger partial charge in [0.15, 0.2) is 0 Å². The Kier molecular flexibility index (Phi) is 4.96. The minimum Gasteiger partial charge on any atom is -0.355 e. The number of aryl methyl sites for hydroxylation is 1. The Morgan fingerprint density at radius 1 is 1.29 bits per heavy atom. The van der Waals surface area contributed by atoms with E-state index in [2.05, 4.69) is 10.6 Å². The van der Waals surface area contributed by atoms with Gasteiger partial charge in [-0.2, -0.15) is 0 Å². The van der Waals surface area contributed by atoms with E-state index in [4.69, 9.17) is 5.73 Å². The lowest BCUT2D eigenvalue weighted by Crippen LogP contribution is -2.34. The van der Waals surface area contributed by atoms with Crippen molar-refractivity contribution in [1.82, 2.24) is 5.32 Å². The number of carbonyl (C=O) groups is 2. The fourth-order valence-corrected chi connectivity index (χ4v) is 2.79. The molecular weight excluding hydrogens is 266 g/mol. The van der Waals surface area contributed by atoms with E-state index in [1.54, 1.807) is 25.2 Å². The molecule has 2 amide bonds. The molecule has 0 bridgehead atoms. The van der Waals surface area contributed by atoms with Gasteiger partial charge in [0.2, 0.25) is 5.91 Å². The second kappa shape index (κ2) is 6.72. The first-order chi connectivity index (χ1) is 10.0. The van der Waals surface area contributed by atoms with Gasteiger partial charge in [-0.1, -0.05) is 6.42 Å². The van der Waals surface area contributed by atoms with E-state index in [1.807, 2.05) is 6.92 Å². The predicted molar refractivity (Wildman–Crippen MR) is 83.1 cm³/mol. The molecule has 1 aromatic carbocycles. The molecule has 4 N–H and O–H groups in total. The topological polar surface area (TPSA) is 84.2 Å². The molecule has 1 aromatic rings. The van der Waals surface area contributed by atoms with E-state index in [-0.39, 0.29) is 23.8 Å². The van der Waals surface area contributed by atoms with Gasteiger partial charge in [-0.25, -0.2) is 0 Å². The van der Waals surface area contributed by atoms with Crippen LogP contribution in [0.15, 0.2) is 18.2 Å². The molecule has 0 saturated heterocycles. The third-order valence-electron chi connectivity index (χ3n) is 4.06. The summed E-state index contributed by atoms with van der Waals surface area (Å²) in [5.41, 5.74) is 8.16. The molecule has 21 heavy (non-hydrogen) atoms. The zero-order valence-electron chi connectivity index (χ0n) is 12.6. The average Bonchev–Trinajstić information content (AvgIpc) is 2.48. The number of rotatable bonds is 3. The predicted octanol–water partition coefficient (Wildman–Crippen LogP) is 1.81. The molecular formula is C16H23N3O2. The molecule has 0 heterocycles. The smallest absolute Gasteiger partial charge is 0.251 e. The summed E-state index contributed by atoms with van der Waals surface area (Å²) in [4.78, 5) is 23.9. The van der Waals surface area contributed by atoms with E-state index < -0.39 is 0 Å². The van der Waals surface area contributed by atoms with Crippen molar-refractivity contribution in [2.24, 2.45) is 11.7 Å². The summed E-state index contributed by atoms with van der Waals surface area (Å²) in [6.45, 7) is 1.88. The lowest BCUT2D eigenvalue weighted by atomic mass is 9.85. The summed E-state index contributed by atoms with van der Waals surface area (Å²) < 4.78 is 0. The maximum Gasteiger partial charge on any atom is 0.251 e. The number of hydrogen-bond donors (Lipinski definition) is 3. The molecule has 0 spiro atoms. The first-order valence-corrected chi connectivity index (χ1v) is 7.40. The zero-order valence-corrected chi connectivity index (χ0v) is 12.6. The Bertz CT molecular complexity index is 542. The van der Waals surface area contributed by atoms with Gasteiger partial charge in [-0.05, 0) is 49.9 Å². The summed E-state index contributed by atoms with van der Waals surface area (Å²) in [6, 6.07) is 5.40. The van der Waals surface area contributed by atoms with Crippen LogP contribution in [-0.2, 0) is 4.79 Å². The molecule has 114 valence electrons. The number of carbonyl (C=O) groups excluding carboxylic acids is 2. The maximum atomic E-state index is 12.3. The van der Waals surface area contributed by atoms with Crippen molar-refractivity contribution in [2.45, 2.75) is 38.6 Å². The molecule has 5 nitrogen and oxygen atoms in total. The molecule has 1 saturated carbocycles. The number of anilines is 1. The summed E-state index contributed by atoms with van der Waals surface area (Å²) in [6.07, 6.45) is 3.66. The summed E-state index contributed by atoms with van der Waals surface area (Å²) in [5.74, 6) is -0.109. The van der Waals surface area contributed by atoms with Crippen molar-refractivity contribution in [2.75, 3.05) is 12.4 Å². The van der Waals surface area contributed by atoms with Crippen LogP contribution in [0.25, 0.3) is 0 Å². The van der Waals surface area contributed by atoms with Crippen LogP contribution >= 0.6 is 0 Å². The lowest BCUT2D eigenvalue weighted by molar-refractivity contribution is -0.120. The number of nitrogens with one attached hydrogen (secondary N) is 2. The maximum absolute atomic E-state index is 12.3. The van der Waals surface area contributed by atoms with Gasteiger partial charge in [-0.3, -0.25) is 9.59 Å². The van der Waals surface area contributed by atoms with E-state index in [0.29, 0.717) is 5.56 Å². The van der Waals surface area contributed by atoms with E-state index in [0.717, 1.165) is 36.9 Å². The Hall–Kier alpha value is -1.88. The zero-order chi connectivity index (χ0) is 15.4. The molecule has 2 rings (SSSR count). The molecule has 5 heteroatoms. The molecule has 1 aliphatic carbocycles. The van der Waals surface area contributed by atoms with Crippen LogP contribution in [0.5, 0.6) is 0 Å². The molecule has 1 fully saturated rings. The molecule has 2 unspecified atom stereocenters. The van der Waals surface area contributed by atoms with Gasteiger partial charge in [0, 0.05) is 30.3 Å². The Labute approximate surface area is 125 Å². The second-order valence-corrected chi connectivity index (χ2v) is 5.72. The van der Waals surface area contributed by atoms with Crippen LogP contribution in [0.4, 0.5) is 5.69 Å². The Morgan fingerprint density at radius 2 is 2.05 bits per heavy atom. The minimum absolute atomic E-state index is 0.00762. The number of benzene rings is 1. The third kappa shape index (κ3) is 3.82. The van der Waals surface area contributed by atoms with Gasteiger partial charge < -0.3 is 16.4 Å². The van der Waals surface area contributed by atoms with Crippen molar-refractivity contribution in [3.05, 3.63) is 29.3 Å².